The van der Waals surface area contributed by atoms with Gasteiger partial charge in [-0.05, 0) is 64.0 Å². The van der Waals surface area contributed by atoms with Crippen LogP contribution in [-0.2, 0) is 17.2 Å². The first-order valence-electron chi connectivity index (χ1n) is 13.7. The van der Waals surface area contributed by atoms with E-state index < -0.39 is 22.7 Å². The average molecular weight is 602 g/mol. The van der Waals surface area contributed by atoms with Crippen LogP contribution in [0.15, 0.2) is 24.4 Å². The van der Waals surface area contributed by atoms with E-state index in [-0.39, 0.29) is 29.8 Å². The smallest absolute Gasteiger partial charge is 0.421 e. The predicted octanol–water partition coefficient (Wildman–Crippen LogP) is 4.69. The Morgan fingerprint density at radius 2 is 1.73 bits per heavy atom. The molecule has 2 aromatic rings. The van der Waals surface area contributed by atoms with Gasteiger partial charge in [0.25, 0.3) is 5.91 Å². The van der Waals surface area contributed by atoms with Crippen LogP contribution in [-0.4, -0.2) is 70.6 Å². The first-order valence-corrected chi connectivity index (χ1v) is 15.3. The Hall–Kier alpha value is -2.97. The number of nitrogens with one attached hydrogen (secondary N) is 3. The number of carbonyl (C=O) groups is 1. The Balaban J connectivity index is 0.000000902. The maximum atomic E-state index is 13.5. The summed E-state index contributed by atoms with van der Waals surface area (Å²) in [6, 6.07) is 4.93. The zero-order valence-electron chi connectivity index (χ0n) is 24.3. The van der Waals surface area contributed by atoms with Crippen LogP contribution in [0.25, 0.3) is 0 Å². The highest BCUT2D eigenvalue weighted by Gasteiger charge is 2.36. The van der Waals surface area contributed by atoms with Gasteiger partial charge in [-0.3, -0.25) is 9.93 Å². The van der Waals surface area contributed by atoms with Crippen LogP contribution in [0.3, 0.4) is 0 Å². The Labute approximate surface area is 242 Å². The summed E-state index contributed by atoms with van der Waals surface area (Å²) in [6.07, 6.45) is 2.97. The summed E-state index contributed by atoms with van der Waals surface area (Å²) < 4.78 is 55.3. The summed E-state index contributed by atoms with van der Waals surface area (Å²) in [5, 5.41) is 13.5. The summed E-state index contributed by atoms with van der Waals surface area (Å²) in [5.41, 5.74) is -0.0268. The lowest BCUT2D eigenvalue weighted by Crippen LogP contribution is -2.43. The first-order chi connectivity index (χ1) is 19.5. The van der Waals surface area contributed by atoms with Gasteiger partial charge in [-0.2, -0.15) is 18.2 Å². The van der Waals surface area contributed by atoms with Crippen molar-refractivity contribution in [1.82, 2.24) is 20.2 Å². The number of piperidine rings is 1. The molecule has 2 heterocycles. The van der Waals surface area contributed by atoms with E-state index in [9.17, 15) is 22.2 Å². The van der Waals surface area contributed by atoms with E-state index >= 15 is 0 Å². The van der Waals surface area contributed by atoms with Crippen molar-refractivity contribution in [2.24, 2.45) is 5.14 Å². The lowest BCUT2D eigenvalue weighted by molar-refractivity contribution is -0.137. The van der Waals surface area contributed by atoms with E-state index in [0.717, 1.165) is 57.8 Å². The highest BCUT2D eigenvalue weighted by molar-refractivity contribution is 7.81. The third-order valence-electron chi connectivity index (χ3n) is 6.55. The van der Waals surface area contributed by atoms with Crippen molar-refractivity contribution in [3.8, 4) is 5.75 Å². The highest BCUT2D eigenvalue weighted by atomic mass is 32.2. The van der Waals surface area contributed by atoms with Crippen molar-refractivity contribution >= 4 is 34.3 Å². The number of hydrogen-bond acceptors (Lipinski definition) is 8. The van der Waals surface area contributed by atoms with E-state index in [1.54, 1.807) is 18.2 Å². The molecule has 1 aliphatic heterocycles. The number of alkyl halides is 3. The maximum absolute atomic E-state index is 13.5. The molecule has 14 heteroatoms. The molecule has 2 aliphatic rings. The van der Waals surface area contributed by atoms with Gasteiger partial charge < -0.3 is 25.6 Å². The molecule has 1 atom stereocenters. The first kappa shape index (κ1) is 34.2. The van der Waals surface area contributed by atoms with Gasteiger partial charge in [0.15, 0.2) is 0 Å². The van der Waals surface area contributed by atoms with Gasteiger partial charge in [0, 0.05) is 30.1 Å². The summed E-state index contributed by atoms with van der Waals surface area (Å²) in [6.45, 7) is 5.86. The Morgan fingerprint density at radius 3 is 2.29 bits per heavy atom. The average Bonchev–Trinajstić information content (AvgIpc) is 3.43. The Bertz CT molecular complexity index is 1140. The molecule has 1 saturated carbocycles. The number of carbonyl (C=O) groups excluding carboxylic acids is 1. The van der Waals surface area contributed by atoms with Crippen LogP contribution >= 0.6 is 0 Å². The normalized spacial score (nSPS) is 16.9. The SMILES string of the molecule is CC.COc1cc(C(=O)NC2CCN(C)CC2)ccc1Nc1ncc(C(F)(F)F)c(NC2CCCC2)n1.CS(N)=O. The van der Waals surface area contributed by atoms with Crippen LogP contribution in [0, 0.1) is 0 Å². The molecule has 10 nitrogen and oxygen atoms in total. The van der Waals surface area contributed by atoms with Crippen molar-refractivity contribution in [2.45, 2.75) is 70.6 Å². The van der Waals surface area contributed by atoms with Crippen LogP contribution < -0.4 is 25.8 Å². The van der Waals surface area contributed by atoms with Crippen molar-refractivity contribution in [2.75, 3.05) is 44.1 Å². The minimum Gasteiger partial charge on any atom is -0.495 e. The van der Waals surface area contributed by atoms with Gasteiger partial charge in [-0.1, -0.05) is 26.7 Å². The molecule has 1 aromatic heterocycles. The number of nitrogens with zero attached hydrogens (tertiary/aromatic N) is 3. The summed E-state index contributed by atoms with van der Waals surface area (Å²) in [4.78, 5) is 23.0. The van der Waals surface area contributed by atoms with E-state index in [1.165, 1.54) is 13.4 Å². The van der Waals surface area contributed by atoms with Crippen LogP contribution in [0.4, 0.5) is 30.6 Å². The number of methoxy groups -OCH3 is 1. The van der Waals surface area contributed by atoms with E-state index in [0.29, 0.717) is 17.0 Å². The third kappa shape index (κ3) is 11.1. The van der Waals surface area contributed by atoms with Gasteiger partial charge in [-0.25, -0.2) is 9.19 Å². The fraction of sp³-hybridized carbons (Fsp3) is 0.593. The van der Waals surface area contributed by atoms with Crippen molar-refractivity contribution in [3.63, 3.8) is 0 Å². The molecule has 1 amide bonds. The molecule has 41 heavy (non-hydrogen) atoms. The van der Waals surface area contributed by atoms with E-state index in [2.05, 4.69) is 43.0 Å². The molecule has 1 aromatic carbocycles. The standard InChI is InChI=1S/C24H31F3N6O2.C2H6.CH5NOS/c1-33-11-9-17(10-12-33)30-22(34)15-7-8-19(20(13-15)35-2)31-23-28-14-18(24(25,26)27)21(32-23)29-16-5-3-4-6-16;1-2;1-4(2)3/h7-8,13-14,16-17H,3-6,9-12H2,1-2H3,(H,30,34)(H2,28,29,31,32);1-2H3;2H2,1H3. The summed E-state index contributed by atoms with van der Waals surface area (Å²) in [7, 11) is 2.41. The summed E-state index contributed by atoms with van der Waals surface area (Å²) in [5.74, 6) is -0.0802. The largest absolute Gasteiger partial charge is 0.495 e. The van der Waals surface area contributed by atoms with Crippen molar-refractivity contribution in [1.29, 1.82) is 0 Å². The number of benzene rings is 1. The number of hydrogen-bond donors (Lipinski definition) is 4. The fourth-order valence-electron chi connectivity index (χ4n) is 4.50. The molecule has 4 rings (SSSR count). The molecule has 0 spiro atoms. The molecule has 0 radical (unpaired) electrons. The molecule has 1 saturated heterocycles. The lowest BCUT2D eigenvalue weighted by atomic mass is 10.0. The van der Waals surface area contributed by atoms with Gasteiger partial charge >= 0.3 is 6.18 Å². The van der Waals surface area contributed by atoms with Crippen LogP contribution in [0.1, 0.15) is 68.3 Å². The minimum atomic E-state index is -4.57. The number of likely N-dealkylation sites (tertiary alicyclic amines) is 1. The maximum Gasteiger partial charge on any atom is 0.421 e. The fourth-order valence-corrected chi connectivity index (χ4v) is 4.50. The highest BCUT2D eigenvalue weighted by Crippen LogP contribution is 2.36. The molecular formula is C27H42F3N7O3S. The number of halogens is 3. The van der Waals surface area contributed by atoms with Crippen molar-refractivity contribution < 1.29 is 26.9 Å². The molecule has 230 valence electrons. The van der Waals surface area contributed by atoms with E-state index in [1.807, 2.05) is 13.8 Å². The van der Waals surface area contributed by atoms with Gasteiger partial charge in [0.05, 0.1) is 23.8 Å². The summed E-state index contributed by atoms with van der Waals surface area (Å²) >= 11 is 0. The Morgan fingerprint density at radius 1 is 1.12 bits per heavy atom. The molecule has 5 N–H and O–H groups in total. The van der Waals surface area contributed by atoms with Crippen LogP contribution in [0.5, 0.6) is 5.75 Å². The van der Waals surface area contributed by atoms with E-state index in [4.69, 9.17) is 4.74 Å². The van der Waals surface area contributed by atoms with Crippen LogP contribution in [0.2, 0.25) is 0 Å². The van der Waals surface area contributed by atoms with Gasteiger partial charge in [0.1, 0.15) is 17.1 Å². The zero-order chi connectivity index (χ0) is 30.6. The number of nitrogens with two attached hydrogens (primary N) is 1. The third-order valence-corrected chi connectivity index (χ3v) is 6.55. The molecular weight excluding hydrogens is 559 g/mol. The van der Waals surface area contributed by atoms with Crippen molar-refractivity contribution in [3.05, 3.63) is 35.5 Å². The molecule has 2 fully saturated rings. The predicted molar refractivity (Wildman–Crippen MR) is 157 cm³/mol. The second-order valence-electron chi connectivity index (χ2n) is 9.67. The molecule has 1 unspecified atom stereocenters. The number of aromatic nitrogens is 2. The number of anilines is 3. The monoisotopic (exact) mass is 601 g/mol. The zero-order valence-corrected chi connectivity index (χ0v) is 25.1. The molecule has 1 aliphatic carbocycles. The second kappa shape index (κ2) is 16.5. The Kier molecular flexibility index (Phi) is 13.7. The van der Waals surface area contributed by atoms with Gasteiger partial charge in [-0.15, -0.1) is 0 Å². The minimum absolute atomic E-state index is 0.000300. The number of amides is 1. The number of rotatable bonds is 7. The quantitative estimate of drug-likeness (QED) is 0.359. The lowest BCUT2D eigenvalue weighted by Gasteiger charge is -2.29. The topological polar surface area (TPSA) is 134 Å². The molecule has 0 bridgehead atoms. The second-order valence-corrected chi connectivity index (χ2v) is 10.7. The van der Waals surface area contributed by atoms with Gasteiger partial charge in [0.2, 0.25) is 5.95 Å². The number of ether oxygens (including phenoxy) is 1.